The Morgan fingerprint density at radius 1 is 1.17 bits per heavy atom. The summed E-state index contributed by atoms with van der Waals surface area (Å²) in [6.07, 6.45) is 3.76. The summed E-state index contributed by atoms with van der Waals surface area (Å²) >= 11 is 0. The van der Waals surface area contributed by atoms with Crippen LogP contribution in [0.25, 0.3) is 0 Å². The zero-order valence-electron chi connectivity index (χ0n) is 15.2. The minimum atomic E-state index is -1.35. The molecule has 4 heteroatoms. The summed E-state index contributed by atoms with van der Waals surface area (Å²) in [6, 6.07) is 7.72. The predicted molar refractivity (Wildman–Crippen MR) is 96.0 cm³/mol. The highest BCUT2D eigenvalue weighted by molar-refractivity contribution is 6.88. The summed E-state index contributed by atoms with van der Waals surface area (Å²) in [6.45, 7) is 13.5. The van der Waals surface area contributed by atoms with Gasteiger partial charge in [0.15, 0.2) is 0 Å². The lowest BCUT2D eigenvalue weighted by Crippen LogP contribution is -2.37. The third kappa shape index (κ3) is 5.18. The highest BCUT2D eigenvalue weighted by Gasteiger charge is 2.34. The first-order chi connectivity index (χ1) is 10.6. The minimum absolute atomic E-state index is 0.207. The van der Waals surface area contributed by atoms with Gasteiger partial charge in [-0.05, 0) is 42.7 Å². The summed E-state index contributed by atoms with van der Waals surface area (Å²) in [4.78, 5) is 22.6. The molecular weight excluding hydrogens is 304 g/mol. The van der Waals surface area contributed by atoms with E-state index in [2.05, 4.69) is 40.4 Å². The van der Waals surface area contributed by atoms with Crippen molar-refractivity contribution in [3.63, 3.8) is 0 Å². The molecule has 1 aromatic carbocycles. The Labute approximate surface area is 141 Å². The summed E-state index contributed by atoms with van der Waals surface area (Å²) in [5, 5.41) is 1.33. The molecule has 0 heterocycles. The molecule has 0 spiro atoms. The fourth-order valence-electron chi connectivity index (χ4n) is 3.40. The maximum atomic E-state index is 12.1. The smallest absolute Gasteiger partial charge is 0.292 e. The van der Waals surface area contributed by atoms with E-state index in [-0.39, 0.29) is 5.41 Å². The van der Waals surface area contributed by atoms with E-state index >= 15 is 0 Å². The van der Waals surface area contributed by atoms with Crippen molar-refractivity contribution in [3.8, 4) is 0 Å². The fraction of sp³-hybridized carbons (Fsp3) is 0.579. The van der Waals surface area contributed by atoms with Crippen LogP contribution in [0.3, 0.4) is 0 Å². The molecule has 127 valence electrons. The second kappa shape index (κ2) is 6.77. The van der Waals surface area contributed by atoms with E-state index in [0.29, 0.717) is 11.5 Å². The fourth-order valence-corrected chi connectivity index (χ4v) is 4.56. The van der Waals surface area contributed by atoms with E-state index in [0.717, 1.165) is 18.9 Å². The van der Waals surface area contributed by atoms with Crippen molar-refractivity contribution >= 4 is 19.2 Å². The molecular formula is C19H29O3Si. The molecule has 0 amide bonds. The van der Waals surface area contributed by atoms with Gasteiger partial charge in [-0.3, -0.25) is 4.89 Å². The molecule has 0 aliphatic heterocycles. The van der Waals surface area contributed by atoms with Crippen LogP contribution in [0, 0.1) is 17.4 Å². The highest BCUT2D eigenvalue weighted by Crippen LogP contribution is 2.43. The molecule has 1 aromatic rings. The van der Waals surface area contributed by atoms with Gasteiger partial charge in [0.05, 0.1) is 13.6 Å². The predicted octanol–water partition coefficient (Wildman–Crippen LogP) is 4.70. The van der Waals surface area contributed by atoms with Gasteiger partial charge in [-0.2, -0.15) is 4.89 Å². The molecule has 1 fully saturated rings. The van der Waals surface area contributed by atoms with Gasteiger partial charge in [-0.15, -0.1) is 0 Å². The van der Waals surface area contributed by atoms with Gasteiger partial charge < -0.3 is 0 Å². The first-order valence-electron chi connectivity index (χ1n) is 8.41. The first kappa shape index (κ1) is 18.2. The summed E-state index contributed by atoms with van der Waals surface area (Å²) in [7, 11) is -1.35. The quantitative estimate of drug-likeness (QED) is 0.455. The van der Waals surface area contributed by atoms with Crippen LogP contribution in [0.2, 0.25) is 19.6 Å². The topological polar surface area (TPSA) is 35.5 Å². The number of carbonyl (C=O) groups is 1. The number of rotatable bonds is 4. The monoisotopic (exact) mass is 333 g/mol. The Morgan fingerprint density at radius 3 is 2.30 bits per heavy atom. The number of hydrogen-bond acceptors (Lipinski definition) is 3. The maximum Gasteiger partial charge on any atom is 0.373 e. The molecule has 1 unspecified atom stereocenters. The van der Waals surface area contributed by atoms with Crippen LogP contribution < -0.4 is 5.19 Å². The summed E-state index contributed by atoms with van der Waals surface area (Å²) in [5.74, 6) is 0.138. The van der Waals surface area contributed by atoms with Crippen molar-refractivity contribution in [2.45, 2.75) is 59.7 Å². The molecule has 1 aliphatic carbocycles. The normalized spacial score (nSPS) is 21.9. The Morgan fingerprint density at radius 2 is 1.78 bits per heavy atom. The first-order valence-corrected chi connectivity index (χ1v) is 11.9. The van der Waals surface area contributed by atoms with E-state index < -0.39 is 14.0 Å². The molecule has 1 saturated carbocycles. The average molecular weight is 334 g/mol. The Hall–Kier alpha value is -1.13. The van der Waals surface area contributed by atoms with E-state index in [1.165, 1.54) is 11.6 Å². The van der Waals surface area contributed by atoms with Gasteiger partial charge in [0, 0.05) is 0 Å². The van der Waals surface area contributed by atoms with E-state index in [4.69, 9.17) is 9.78 Å². The third-order valence-corrected chi connectivity index (χ3v) is 6.44. The molecule has 0 aromatic heterocycles. The second-order valence-electron chi connectivity index (χ2n) is 8.67. The Balaban J connectivity index is 1.92. The molecule has 23 heavy (non-hydrogen) atoms. The highest BCUT2D eigenvalue weighted by atomic mass is 28.3. The van der Waals surface area contributed by atoms with Crippen LogP contribution in [-0.4, -0.2) is 14.0 Å². The van der Waals surface area contributed by atoms with E-state index in [1.54, 1.807) is 0 Å². The number of benzene rings is 1. The van der Waals surface area contributed by atoms with Crippen LogP contribution in [0.15, 0.2) is 24.3 Å². The van der Waals surface area contributed by atoms with Crippen molar-refractivity contribution in [2.24, 2.45) is 11.3 Å². The maximum absolute atomic E-state index is 12.1. The van der Waals surface area contributed by atoms with Crippen molar-refractivity contribution in [3.05, 3.63) is 35.9 Å². The lowest BCUT2D eigenvalue weighted by atomic mass is 9.71. The minimum Gasteiger partial charge on any atom is -0.292 e. The van der Waals surface area contributed by atoms with Crippen molar-refractivity contribution < 1.29 is 14.6 Å². The molecule has 1 atom stereocenters. The van der Waals surface area contributed by atoms with E-state index in [9.17, 15) is 4.79 Å². The van der Waals surface area contributed by atoms with Gasteiger partial charge in [-0.1, -0.05) is 57.7 Å². The molecule has 0 bridgehead atoms. The third-order valence-electron chi connectivity index (χ3n) is 4.37. The zero-order valence-corrected chi connectivity index (χ0v) is 16.2. The zero-order chi connectivity index (χ0) is 17.3. The molecule has 0 N–H and O–H groups in total. The number of carbonyl (C=O) groups excluding carboxylic acids is 1. The molecule has 1 radical (unpaired) electrons. The van der Waals surface area contributed by atoms with Gasteiger partial charge in [-0.25, -0.2) is 4.79 Å². The lowest BCUT2D eigenvalue weighted by Gasteiger charge is -2.36. The van der Waals surface area contributed by atoms with E-state index in [1.807, 2.05) is 24.3 Å². The average Bonchev–Trinajstić information content (AvgIpc) is 2.42. The van der Waals surface area contributed by atoms with Crippen LogP contribution in [-0.2, 0) is 9.78 Å². The van der Waals surface area contributed by atoms with Crippen molar-refractivity contribution in [1.82, 2.24) is 0 Å². The van der Waals surface area contributed by atoms with Crippen LogP contribution in [0.5, 0.6) is 0 Å². The van der Waals surface area contributed by atoms with Gasteiger partial charge in [0.25, 0.3) is 0 Å². The number of hydrogen-bond donors (Lipinski definition) is 0. The standard InChI is InChI=1S/C19H29O3Si/c1-14-11-16(13-19(2,3)12-14)21-22-18(20)15-7-9-17(10-8-15)23(4,5)6/h7-10,14H,11-13H2,1-6H3. The second-order valence-corrected chi connectivity index (χ2v) is 13.8. The van der Waals surface area contributed by atoms with Gasteiger partial charge in [0.2, 0.25) is 0 Å². The Bertz CT molecular complexity index is 543. The van der Waals surface area contributed by atoms with Crippen LogP contribution in [0.1, 0.15) is 50.4 Å². The van der Waals surface area contributed by atoms with Gasteiger partial charge in [0.1, 0.15) is 6.10 Å². The van der Waals surface area contributed by atoms with Gasteiger partial charge >= 0.3 is 5.97 Å². The largest absolute Gasteiger partial charge is 0.373 e. The van der Waals surface area contributed by atoms with Crippen molar-refractivity contribution in [1.29, 1.82) is 0 Å². The SMILES string of the molecule is CC1C[C](OOC(=O)c2ccc([Si](C)(C)C)cc2)CC(C)(C)C1. The summed E-state index contributed by atoms with van der Waals surface area (Å²) < 4.78 is 0. The molecule has 3 nitrogen and oxygen atoms in total. The summed E-state index contributed by atoms with van der Waals surface area (Å²) in [5.41, 5.74) is 0.744. The molecule has 1 aliphatic rings. The van der Waals surface area contributed by atoms with Crippen LogP contribution >= 0.6 is 0 Å². The Kier molecular flexibility index (Phi) is 5.36. The van der Waals surface area contributed by atoms with Crippen LogP contribution in [0.4, 0.5) is 0 Å². The van der Waals surface area contributed by atoms with Crippen molar-refractivity contribution in [2.75, 3.05) is 0 Å². The molecule has 0 saturated heterocycles. The molecule has 2 rings (SSSR count). The lowest BCUT2D eigenvalue weighted by molar-refractivity contribution is -0.245.